The summed E-state index contributed by atoms with van der Waals surface area (Å²) in [4.78, 5) is 5.48. The van der Waals surface area contributed by atoms with Crippen LogP contribution in [-0.4, -0.2) is 12.8 Å². The zero-order chi connectivity index (χ0) is 24.3. The van der Waals surface area contributed by atoms with E-state index in [9.17, 15) is 0 Å². The van der Waals surface area contributed by atoms with Crippen molar-refractivity contribution in [3.05, 3.63) is 106 Å². The molecule has 4 nitrogen and oxygen atoms in total. The van der Waals surface area contributed by atoms with E-state index in [1.807, 2.05) is 48.5 Å². The molecule has 3 aromatic carbocycles. The molecule has 0 heterocycles. The Morgan fingerprint density at radius 1 is 0.857 bits per heavy atom. The van der Waals surface area contributed by atoms with Gasteiger partial charge in [0.2, 0.25) is 0 Å². The summed E-state index contributed by atoms with van der Waals surface area (Å²) in [5.41, 5.74) is 4.53. The molecule has 0 atom stereocenters. The van der Waals surface area contributed by atoms with Crippen molar-refractivity contribution >= 4 is 22.1 Å². The van der Waals surface area contributed by atoms with Crippen LogP contribution >= 0.6 is 15.9 Å². The first-order valence-electron chi connectivity index (χ1n) is 12.2. The monoisotopic (exact) mass is 533 g/mol. The van der Waals surface area contributed by atoms with Gasteiger partial charge in [-0.25, -0.2) is 0 Å². The molecule has 1 fully saturated rings. The first-order valence-corrected chi connectivity index (χ1v) is 13.0. The number of hydrogen-bond acceptors (Lipinski definition) is 4. The summed E-state index contributed by atoms with van der Waals surface area (Å²) in [6.45, 7) is 5.12. The lowest BCUT2D eigenvalue weighted by atomic mass is 9.84. The van der Waals surface area contributed by atoms with Crippen molar-refractivity contribution in [1.82, 2.24) is 0 Å². The molecule has 1 aliphatic carbocycles. The molecule has 0 saturated heterocycles. The predicted octanol–water partition coefficient (Wildman–Crippen LogP) is 8.15. The number of oxime groups is 1. The lowest BCUT2D eigenvalue weighted by molar-refractivity contribution is 0.132. The lowest BCUT2D eigenvalue weighted by Gasteiger charge is -2.22. The average molecular weight is 534 g/mol. The van der Waals surface area contributed by atoms with E-state index in [0.717, 1.165) is 33.0 Å². The quantitative estimate of drug-likeness (QED) is 0.184. The second-order valence-corrected chi connectivity index (χ2v) is 9.98. The summed E-state index contributed by atoms with van der Waals surface area (Å²) >= 11 is 3.30. The summed E-state index contributed by atoms with van der Waals surface area (Å²) < 4.78 is 12.5. The maximum absolute atomic E-state index is 5.97. The van der Waals surface area contributed by atoms with E-state index in [1.165, 1.54) is 43.2 Å². The molecular formula is C30H32BrNO3. The second-order valence-electron chi connectivity index (χ2n) is 8.86. The second kappa shape index (κ2) is 13.1. The normalized spacial score (nSPS) is 14.1. The van der Waals surface area contributed by atoms with Gasteiger partial charge in [0.1, 0.15) is 31.3 Å². The minimum Gasteiger partial charge on any atom is -0.489 e. The van der Waals surface area contributed by atoms with Crippen LogP contribution in [0.15, 0.2) is 89.0 Å². The van der Waals surface area contributed by atoms with Gasteiger partial charge in [-0.15, -0.1) is 0 Å². The number of para-hydroxylation sites is 1. The minimum atomic E-state index is 0.376. The zero-order valence-electron chi connectivity index (χ0n) is 20.0. The fraction of sp³-hybridized carbons (Fsp3) is 0.300. The SMILES string of the molecule is C=C(Br)COc1ccccc1/C=N/OCc1ccc(OCc2ccc(C3CCCCC3)cc2)cc1. The molecule has 182 valence electrons. The molecule has 4 rings (SSSR count). The van der Waals surface area contributed by atoms with E-state index in [1.54, 1.807) is 6.21 Å². The Morgan fingerprint density at radius 2 is 1.54 bits per heavy atom. The molecular weight excluding hydrogens is 502 g/mol. The molecule has 0 unspecified atom stereocenters. The molecule has 0 spiro atoms. The third kappa shape index (κ3) is 8.00. The van der Waals surface area contributed by atoms with Gasteiger partial charge in [0.25, 0.3) is 0 Å². The molecule has 35 heavy (non-hydrogen) atoms. The van der Waals surface area contributed by atoms with Crippen LogP contribution in [0.2, 0.25) is 0 Å². The van der Waals surface area contributed by atoms with Crippen LogP contribution in [0.25, 0.3) is 0 Å². The van der Waals surface area contributed by atoms with Gasteiger partial charge in [-0.3, -0.25) is 0 Å². The summed E-state index contributed by atoms with van der Waals surface area (Å²) in [6, 6.07) is 24.5. The van der Waals surface area contributed by atoms with Crippen molar-refractivity contribution in [1.29, 1.82) is 0 Å². The first-order chi connectivity index (χ1) is 17.2. The van der Waals surface area contributed by atoms with E-state index in [2.05, 4.69) is 51.9 Å². The van der Waals surface area contributed by atoms with Crippen LogP contribution in [0.1, 0.15) is 60.3 Å². The largest absolute Gasteiger partial charge is 0.489 e. The Balaban J connectivity index is 1.22. The van der Waals surface area contributed by atoms with Crippen molar-refractivity contribution in [3.8, 4) is 11.5 Å². The highest BCUT2D eigenvalue weighted by atomic mass is 79.9. The van der Waals surface area contributed by atoms with Gasteiger partial charge in [-0.2, -0.15) is 0 Å². The third-order valence-corrected chi connectivity index (χ3v) is 6.41. The molecule has 0 aliphatic heterocycles. The average Bonchev–Trinajstić information content (AvgIpc) is 2.91. The minimum absolute atomic E-state index is 0.376. The van der Waals surface area contributed by atoms with Crippen molar-refractivity contribution in [2.45, 2.75) is 51.2 Å². The maximum atomic E-state index is 5.97. The number of rotatable bonds is 11. The molecule has 3 aromatic rings. The van der Waals surface area contributed by atoms with Gasteiger partial charge < -0.3 is 14.3 Å². The molecule has 0 aromatic heterocycles. The predicted molar refractivity (Wildman–Crippen MR) is 145 cm³/mol. The third-order valence-electron chi connectivity index (χ3n) is 6.19. The van der Waals surface area contributed by atoms with Gasteiger partial charge in [0.05, 0.1) is 6.21 Å². The number of benzene rings is 3. The van der Waals surface area contributed by atoms with E-state index in [4.69, 9.17) is 14.3 Å². The lowest BCUT2D eigenvalue weighted by Crippen LogP contribution is -2.04. The fourth-order valence-corrected chi connectivity index (χ4v) is 4.37. The van der Waals surface area contributed by atoms with Gasteiger partial charge in [-0.05, 0) is 59.7 Å². The Bertz CT molecular complexity index is 1100. The number of hydrogen-bond donors (Lipinski definition) is 0. The number of ether oxygens (including phenoxy) is 2. The van der Waals surface area contributed by atoms with Crippen molar-refractivity contribution < 1.29 is 14.3 Å². The van der Waals surface area contributed by atoms with Crippen LogP contribution in [-0.2, 0) is 18.1 Å². The molecule has 0 N–H and O–H groups in total. The Morgan fingerprint density at radius 3 is 2.29 bits per heavy atom. The van der Waals surface area contributed by atoms with E-state index in [0.29, 0.717) is 19.8 Å². The van der Waals surface area contributed by atoms with E-state index >= 15 is 0 Å². The number of halogens is 1. The summed E-state index contributed by atoms with van der Waals surface area (Å²) in [5, 5.41) is 4.09. The summed E-state index contributed by atoms with van der Waals surface area (Å²) in [7, 11) is 0. The Kier molecular flexibility index (Phi) is 9.41. The Labute approximate surface area is 216 Å². The first kappa shape index (κ1) is 25.1. The van der Waals surface area contributed by atoms with Crippen LogP contribution in [0, 0.1) is 0 Å². The molecule has 1 saturated carbocycles. The number of nitrogens with zero attached hydrogens (tertiary/aromatic N) is 1. The molecule has 0 amide bonds. The maximum Gasteiger partial charge on any atom is 0.142 e. The van der Waals surface area contributed by atoms with Crippen molar-refractivity contribution in [2.24, 2.45) is 5.16 Å². The van der Waals surface area contributed by atoms with Crippen molar-refractivity contribution in [2.75, 3.05) is 6.61 Å². The van der Waals surface area contributed by atoms with E-state index in [-0.39, 0.29) is 0 Å². The van der Waals surface area contributed by atoms with Crippen LogP contribution in [0.4, 0.5) is 0 Å². The van der Waals surface area contributed by atoms with Crippen LogP contribution < -0.4 is 9.47 Å². The smallest absolute Gasteiger partial charge is 0.142 e. The van der Waals surface area contributed by atoms with E-state index < -0.39 is 0 Å². The Hall–Kier alpha value is -3.05. The topological polar surface area (TPSA) is 40.0 Å². The zero-order valence-corrected chi connectivity index (χ0v) is 21.6. The van der Waals surface area contributed by atoms with Crippen molar-refractivity contribution in [3.63, 3.8) is 0 Å². The van der Waals surface area contributed by atoms with Gasteiger partial charge >= 0.3 is 0 Å². The summed E-state index contributed by atoms with van der Waals surface area (Å²) in [5.74, 6) is 2.30. The molecule has 5 heteroatoms. The highest BCUT2D eigenvalue weighted by Gasteiger charge is 2.15. The van der Waals surface area contributed by atoms with Crippen LogP contribution in [0.5, 0.6) is 11.5 Å². The van der Waals surface area contributed by atoms with Gasteiger partial charge in [0.15, 0.2) is 0 Å². The standard InChI is InChI=1S/C30H32BrNO3/c1-23(31)20-34-30-10-6-5-9-28(30)19-32-35-22-25-13-17-29(18-14-25)33-21-24-11-15-27(16-12-24)26-7-3-2-4-8-26/h5-6,9-19,26H,1-4,7-8,20-22H2/b32-19+. The molecule has 0 radical (unpaired) electrons. The fourth-order valence-electron chi connectivity index (χ4n) is 4.25. The van der Waals surface area contributed by atoms with Crippen LogP contribution in [0.3, 0.4) is 0 Å². The molecule has 0 bridgehead atoms. The summed E-state index contributed by atoms with van der Waals surface area (Å²) in [6.07, 6.45) is 8.42. The van der Waals surface area contributed by atoms with Gasteiger partial charge in [0, 0.05) is 10.0 Å². The highest BCUT2D eigenvalue weighted by molar-refractivity contribution is 9.11. The molecule has 1 aliphatic rings. The van der Waals surface area contributed by atoms with Gasteiger partial charge in [-0.1, -0.05) is 95.5 Å². The highest BCUT2D eigenvalue weighted by Crippen LogP contribution is 2.32.